The molecule has 0 atom stereocenters. The largest absolute Gasteiger partial charge is 0.339 e. The highest BCUT2D eigenvalue weighted by Crippen LogP contribution is 2.10. The molecule has 0 aliphatic heterocycles. The number of carbonyl (C=O) groups is 1. The molecule has 2 nitrogen and oxygen atoms in total. The topological polar surface area (TPSA) is 20.3 Å². The van der Waals surface area contributed by atoms with Gasteiger partial charge in [0, 0.05) is 13.1 Å². The molecule has 0 aliphatic rings. The number of hydrogen-bond acceptors (Lipinski definition) is 1. The van der Waals surface area contributed by atoms with Crippen molar-refractivity contribution < 1.29 is 4.79 Å². The van der Waals surface area contributed by atoms with Gasteiger partial charge in [0.25, 0.3) is 5.91 Å². The zero-order valence-electron chi connectivity index (χ0n) is 7.39. The summed E-state index contributed by atoms with van der Waals surface area (Å²) in [6.07, 6.45) is 1.82. The van der Waals surface area contributed by atoms with E-state index in [1.54, 1.807) is 4.90 Å². The first-order chi connectivity index (χ1) is 5.00. The first-order valence-electron chi connectivity index (χ1n) is 3.59. The van der Waals surface area contributed by atoms with Crippen LogP contribution in [0.1, 0.15) is 20.8 Å². The van der Waals surface area contributed by atoms with Gasteiger partial charge in [0.15, 0.2) is 0 Å². The molecule has 64 valence electrons. The molecule has 0 radical (unpaired) electrons. The van der Waals surface area contributed by atoms with Gasteiger partial charge < -0.3 is 4.90 Å². The predicted molar refractivity (Wildman–Crippen MR) is 55.7 cm³/mol. The number of amides is 1. The molecule has 0 heterocycles. The molecule has 3 heteroatoms. The molecule has 11 heavy (non-hydrogen) atoms. The number of hydrogen-bond donors (Lipinski definition) is 0. The van der Waals surface area contributed by atoms with Crippen LogP contribution in [0.4, 0.5) is 0 Å². The van der Waals surface area contributed by atoms with E-state index in [0.717, 1.165) is 3.58 Å². The SMILES string of the molecule is C/C=C(/I)C(=O)N(C)C(C)C. The summed E-state index contributed by atoms with van der Waals surface area (Å²) in [5, 5.41) is 0. The van der Waals surface area contributed by atoms with E-state index < -0.39 is 0 Å². The van der Waals surface area contributed by atoms with E-state index in [4.69, 9.17) is 0 Å². The third kappa shape index (κ3) is 3.22. The Kier molecular flexibility index (Phi) is 4.72. The van der Waals surface area contributed by atoms with E-state index in [1.807, 2.05) is 56.5 Å². The van der Waals surface area contributed by atoms with Crippen molar-refractivity contribution >= 4 is 28.5 Å². The lowest BCUT2D eigenvalue weighted by Crippen LogP contribution is -2.32. The number of likely N-dealkylation sites (N-methyl/N-ethyl adjacent to an activating group) is 1. The quantitative estimate of drug-likeness (QED) is 0.554. The molecule has 0 N–H and O–H groups in total. The normalized spacial score (nSPS) is 12.0. The lowest BCUT2D eigenvalue weighted by molar-refractivity contribution is -0.126. The van der Waals surface area contributed by atoms with E-state index in [9.17, 15) is 4.79 Å². The van der Waals surface area contributed by atoms with Crippen LogP contribution in [0.25, 0.3) is 0 Å². The first kappa shape index (κ1) is 10.9. The van der Waals surface area contributed by atoms with Crippen molar-refractivity contribution in [3.63, 3.8) is 0 Å². The highest BCUT2D eigenvalue weighted by molar-refractivity contribution is 14.1. The van der Waals surface area contributed by atoms with Gasteiger partial charge in [-0.25, -0.2) is 0 Å². The van der Waals surface area contributed by atoms with Gasteiger partial charge in [0.05, 0.1) is 3.58 Å². The Morgan fingerprint density at radius 2 is 2.00 bits per heavy atom. The Labute approximate surface area is 81.8 Å². The van der Waals surface area contributed by atoms with E-state index >= 15 is 0 Å². The molecule has 0 aromatic carbocycles. The maximum atomic E-state index is 11.4. The van der Waals surface area contributed by atoms with Gasteiger partial charge in [-0.2, -0.15) is 0 Å². The molecular formula is C8H14INO. The average Bonchev–Trinajstić information content (AvgIpc) is 2.00. The molecule has 0 fully saturated rings. The maximum Gasteiger partial charge on any atom is 0.259 e. The highest BCUT2D eigenvalue weighted by Gasteiger charge is 2.13. The van der Waals surface area contributed by atoms with Gasteiger partial charge in [-0.15, -0.1) is 0 Å². The Balaban J connectivity index is 4.26. The third-order valence-electron chi connectivity index (χ3n) is 1.55. The second-order valence-corrected chi connectivity index (χ2v) is 3.81. The van der Waals surface area contributed by atoms with Crippen molar-refractivity contribution in [2.75, 3.05) is 7.05 Å². The van der Waals surface area contributed by atoms with Crippen LogP contribution in [0.15, 0.2) is 9.66 Å². The van der Waals surface area contributed by atoms with Crippen LogP contribution >= 0.6 is 22.6 Å². The van der Waals surface area contributed by atoms with E-state index in [2.05, 4.69) is 0 Å². The molecule has 0 unspecified atom stereocenters. The summed E-state index contributed by atoms with van der Waals surface area (Å²) in [4.78, 5) is 13.1. The molecule has 0 aromatic heterocycles. The van der Waals surface area contributed by atoms with Gasteiger partial charge in [-0.3, -0.25) is 4.79 Å². The second-order valence-electron chi connectivity index (χ2n) is 2.65. The summed E-state index contributed by atoms with van der Waals surface area (Å²) in [5.74, 6) is 0.100. The molecule has 0 bridgehead atoms. The maximum absolute atomic E-state index is 11.4. The van der Waals surface area contributed by atoms with Gasteiger partial charge in [-0.1, -0.05) is 6.08 Å². The van der Waals surface area contributed by atoms with Crippen LogP contribution in [-0.4, -0.2) is 23.9 Å². The molecule has 0 saturated carbocycles. The molecule has 1 amide bonds. The number of halogens is 1. The molecule has 0 saturated heterocycles. The van der Waals surface area contributed by atoms with Gasteiger partial charge in [-0.05, 0) is 43.4 Å². The van der Waals surface area contributed by atoms with Crippen LogP contribution in [0.5, 0.6) is 0 Å². The van der Waals surface area contributed by atoms with Crippen molar-refractivity contribution in [3.05, 3.63) is 9.66 Å². The zero-order valence-corrected chi connectivity index (χ0v) is 9.55. The molecular weight excluding hydrogens is 253 g/mol. The van der Waals surface area contributed by atoms with E-state index in [0.29, 0.717) is 0 Å². The highest BCUT2D eigenvalue weighted by atomic mass is 127. The lowest BCUT2D eigenvalue weighted by Gasteiger charge is -2.20. The van der Waals surface area contributed by atoms with Crippen LogP contribution < -0.4 is 0 Å². The molecule has 0 spiro atoms. The molecule has 0 aromatic rings. The van der Waals surface area contributed by atoms with E-state index in [-0.39, 0.29) is 11.9 Å². The summed E-state index contributed by atoms with van der Waals surface area (Å²) < 4.78 is 0.777. The number of allylic oxidation sites excluding steroid dienone is 1. The summed E-state index contributed by atoms with van der Waals surface area (Å²) in [7, 11) is 1.81. The monoisotopic (exact) mass is 267 g/mol. The fourth-order valence-corrected chi connectivity index (χ4v) is 0.907. The minimum atomic E-state index is 0.100. The fraction of sp³-hybridized carbons (Fsp3) is 0.625. The number of carbonyl (C=O) groups excluding carboxylic acids is 1. The van der Waals surface area contributed by atoms with Gasteiger partial charge >= 0.3 is 0 Å². The van der Waals surface area contributed by atoms with Crippen molar-refractivity contribution in [2.24, 2.45) is 0 Å². The minimum absolute atomic E-state index is 0.100. The Hall–Kier alpha value is -0.0600. The Bertz CT molecular complexity index is 175. The smallest absolute Gasteiger partial charge is 0.259 e. The molecule has 0 aliphatic carbocycles. The predicted octanol–water partition coefficient (Wildman–Crippen LogP) is 2.19. The second kappa shape index (κ2) is 4.74. The van der Waals surface area contributed by atoms with Crippen molar-refractivity contribution in [1.29, 1.82) is 0 Å². The average molecular weight is 267 g/mol. The Morgan fingerprint density at radius 3 is 2.27 bits per heavy atom. The van der Waals surface area contributed by atoms with Crippen LogP contribution in [0, 0.1) is 0 Å². The van der Waals surface area contributed by atoms with Crippen LogP contribution in [0.2, 0.25) is 0 Å². The summed E-state index contributed by atoms with van der Waals surface area (Å²) in [6.45, 7) is 5.86. The zero-order chi connectivity index (χ0) is 9.02. The summed E-state index contributed by atoms with van der Waals surface area (Å²) >= 11 is 2.05. The lowest BCUT2D eigenvalue weighted by atomic mass is 10.3. The summed E-state index contributed by atoms with van der Waals surface area (Å²) in [6, 6.07) is 0.271. The van der Waals surface area contributed by atoms with Gasteiger partial charge in [0.2, 0.25) is 0 Å². The molecule has 0 rings (SSSR count). The van der Waals surface area contributed by atoms with E-state index in [1.165, 1.54) is 0 Å². The van der Waals surface area contributed by atoms with Crippen molar-refractivity contribution in [1.82, 2.24) is 4.90 Å². The van der Waals surface area contributed by atoms with Crippen LogP contribution in [-0.2, 0) is 4.79 Å². The fourth-order valence-electron chi connectivity index (χ4n) is 0.526. The third-order valence-corrected chi connectivity index (χ3v) is 2.64. The first-order valence-corrected chi connectivity index (χ1v) is 4.67. The van der Waals surface area contributed by atoms with Crippen molar-refractivity contribution in [3.8, 4) is 0 Å². The minimum Gasteiger partial charge on any atom is -0.339 e. The van der Waals surface area contributed by atoms with Gasteiger partial charge in [0.1, 0.15) is 0 Å². The van der Waals surface area contributed by atoms with Crippen LogP contribution in [0.3, 0.4) is 0 Å². The standard InChI is InChI=1S/C8H14INO/c1-5-7(9)8(11)10(4)6(2)3/h5-6H,1-4H3/b7-5+. The van der Waals surface area contributed by atoms with Crippen molar-refractivity contribution in [2.45, 2.75) is 26.8 Å². The summed E-state index contributed by atoms with van der Waals surface area (Å²) in [5.41, 5.74) is 0. The Morgan fingerprint density at radius 1 is 1.55 bits per heavy atom. The number of nitrogens with zero attached hydrogens (tertiary/aromatic N) is 1. The number of rotatable bonds is 2.